The number of rotatable bonds is 1. The summed E-state index contributed by atoms with van der Waals surface area (Å²) in [4.78, 5) is 24.3. The largest absolute Gasteiger partial charge is 0.382 e. The maximum Gasteiger partial charge on any atom is 0.224 e. The van der Waals surface area contributed by atoms with Crippen LogP contribution in [0.3, 0.4) is 0 Å². The highest BCUT2D eigenvalue weighted by molar-refractivity contribution is 5.85. The zero-order chi connectivity index (χ0) is 15.4. The van der Waals surface area contributed by atoms with Crippen LogP contribution >= 0.6 is 0 Å². The van der Waals surface area contributed by atoms with Gasteiger partial charge in [0.25, 0.3) is 0 Å². The van der Waals surface area contributed by atoms with E-state index in [0.717, 1.165) is 0 Å². The summed E-state index contributed by atoms with van der Waals surface area (Å²) in [7, 11) is 0. The van der Waals surface area contributed by atoms with Crippen LogP contribution in [0.15, 0.2) is 12.7 Å². The fourth-order valence-corrected chi connectivity index (χ4v) is 2.17. The Morgan fingerprint density at radius 3 is 1.45 bits per heavy atom. The number of hydrogen-bond donors (Lipinski definition) is 4. The van der Waals surface area contributed by atoms with Crippen molar-refractivity contribution in [2.45, 2.75) is 0 Å². The van der Waals surface area contributed by atoms with Crippen molar-refractivity contribution in [3.63, 3.8) is 0 Å². The van der Waals surface area contributed by atoms with E-state index >= 15 is 0 Å². The molecule has 0 fully saturated rings. The summed E-state index contributed by atoms with van der Waals surface area (Å²) in [6.07, 6.45) is 2.98. The zero-order valence-electron chi connectivity index (χ0n) is 11.0. The Kier molecular flexibility index (Phi) is 2.14. The van der Waals surface area contributed by atoms with Crippen LogP contribution < -0.4 is 22.9 Å². The van der Waals surface area contributed by atoms with Gasteiger partial charge in [0.05, 0.1) is 0 Å². The van der Waals surface area contributed by atoms with Crippen LogP contribution in [0.5, 0.6) is 0 Å². The summed E-state index contributed by atoms with van der Waals surface area (Å²) in [5.74, 6) is 0.424. The first-order valence-corrected chi connectivity index (χ1v) is 6.07. The van der Waals surface area contributed by atoms with Crippen LogP contribution in [0.2, 0.25) is 0 Å². The first-order chi connectivity index (χ1) is 10.5. The molecule has 4 aromatic heterocycles. The van der Waals surface area contributed by atoms with E-state index in [-0.39, 0.29) is 23.5 Å². The van der Waals surface area contributed by atoms with Crippen molar-refractivity contribution in [1.29, 1.82) is 0 Å². The Labute approximate surface area is 121 Å². The molecule has 0 amide bonds. The van der Waals surface area contributed by atoms with Gasteiger partial charge in [0.1, 0.15) is 12.7 Å². The molecule has 4 aromatic rings. The van der Waals surface area contributed by atoms with Gasteiger partial charge in [0, 0.05) is 0 Å². The predicted octanol–water partition coefficient (Wildman–Crippen LogP) is -1.39. The molecule has 8 N–H and O–H groups in total. The molecular formula is C10H10N12. The third kappa shape index (κ3) is 1.51. The molecule has 0 saturated carbocycles. The third-order valence-corrected chi connectivity index (χ3v) is 3.08. The van der Waals surface area contributed by atoms with E-state index in [1.54, 1.807) is 9.35 Å². The predicted molar refractivity (Wildman–Crippen MR) is 79.1 cm³/mol. The van der Waals surface area contributed by atoms with Crippen molar-refractivity contribution in [2.24, 2.45) is 0 Å². The zero-order valence-corrected chi connectivity index (χ0v) is 11.0. The van der Waals surface area contributed by atoms with Crippen LogP contribution in [0.4, 0.5) is 23.5 Å². The molecule has 0 aromatic carbocycles. The highest BCUT2D eigenvalue weighted by atomic mass is 15.5. The first kappa shape index (κ1) is 12.1. The molecule has 0 atom stereocenters. The lowest BCUT2D eigenvalue weighted by Gasteiger charge is -2.06. The maximum atomic E-state index is 5.79. The molecule has 0 radical (unpaired) electrons. The van der Waals surface area contributed by atoms with E-state index in [0.29, 0.717) is 22.3 Å². The molecule has 4 rings (SSSR count). The average Bonchev–Trinajstić information content (AvgIpc) is 3.02. The normalized spacial score (nSPS) is 11.5. The smallest absolute Gasteiger partial charge is 0.224 e. The Morgan fingerprint density at radius 2 is 1.05 bits per heavy atom. The molecule has 4 heterocycles. The Morgan fingerprint density at radius 1 is 0.636 bits per heavy atom. The fraction of sp³-hybridized carbons (Fsp3) is 0. The van der Waals surface area contributed by atoms with Crippen molar-refractivity contribution < 1.29 is 0 Å². The lowest BCUT2D eigenvalue weighted by molar-refractivity contribution is 0.688. The summed E-state index contributed by atoms with van der Waals surface area (Å²) in [5.41, 5.74) is 24.5. The highest BCUT2D eigenvalue weighted by Crippen LogP contribution is 2.21. The van der Waals surface area contributed by atoms with Crippen molar-refractivity contribution in [2.75, 3.05) is 22.9 Å². The molecule has 0 aliphatic carbocycles. The SMILES string of the molecule is Nc1nc(N)c2ncn(-n3cnc4c(N)nc(N)nc43)c2n1. The molecule has 22 heavy (non-hydrogen) atoms. The molecule has 0 spiro atoms. The molecule has 0 bridgehead atoms. The molecule has 0 unspecified atom stereocenters. The van der Waals surface area contributed by atoms with Gasteiger partial charge in [-0.25, -0.2) is 19.3 Å². The van der Waals surface area contributed by atoms with E-state index < -0.39 is 0 Å². The van der Waals surface area contributed by atoms with E-state index in [1.165, 1.54) is 12.7 Å². The van der Waals surface area contributed by atoms with E-state index in [1.807, 2.05) is 0 Å². The van der Waals surface area contributed by atoms with Crippen LogP contribution in [-0.2, 0) is 0 Å². The van der Waals surface area contributed by atoms with Gasteiger partial charge in [-0.1, -0.05) is 0 Å². The Hall–Kier alpha value is -3.70. The number of nitrogen functional groups attached to an aromatic ring is 4. The standard InChI is InChI=1S/C10H10N12/c11-5-3-7(19-9(13)17-5)21(1-15-3)22-2-16-4-6(12)18-10(14)20-8(4)22/h1-2H,(H4,11,13,17,19)(H4,12,14,18,20). The molecule has 12 heteroatoms. The van der Waals surface area contributed by atoms with Gasteiger partial charge in [-0.3, -0.25) is 0 Å². The number of imidazole rings is 2. The maximum absolute atomic E-state index is 5.79. The lowest BCUT2D eigenvalue weighted by Crippen LogP contribution is -2.11. The van der Waals surface area contributed by atoms with Gasteiger partial charge in [-0.05, 0) is 0 Å². The van der Waals surface area contributed by atoms with Gasteiger partial charge in [-0.2, -0.15) is 19.9 Å². The van der Waals surface area contributed by atoms with Crippen LogP contribution in [0, 0.1) is 0 Å². The monoisotopic (exact) mass is 298 g/mol. The summed E-state index contributed by atoms with van der Waals surface area (Å²) in [6, 6.07) is 0. The van der Waals surface area contributed by atoms with Gasteiger partial charge >= 0.3 is 0 Å². The van der Waals surface area contributed by atoms with Crippen LogP contribution in [-0.4, -0.2) is 39.3 Å². The minimum Gasteiger partial charge on any atom is -0.382 e. The second kappa shape index (κ2) is 3.91. The number of nitrogens with two attached hydrogens (primary N) is 4. The molecular weight excluding hydrogens is 288 g/mol. The molecule has 0 aliphatic rings. The number of hydrogen-bond acceptors (Lipinski definition) is 10. The Balaban J connectivity index is 2.08. The number of anilines is 4. The van der Waals surface area contributed by atoms with Gasteiger partial charge in [0.15, 0.2) is 34.0 Å². The molecule has 0 aliphatic heterocycles. The summed E-state index contributed by atoms with van der Waals surface area (Å²) >= 11 is 0. The van der Waals surface area contributed by atoms with Gasteiger partial charge in [0.2, 0.25) is 11.9 Å². The first-order valence-electron chi connectivity index (χ1n) is 6.07. The minimum atomic E-state index is 0.0322. The van der Waals surface area contributed by atoms with E-state index in [4.69, 9.17) is 22.9 Å². The second-order valence-electron chi connectivity index (χ2n) is 4.46. The highest BCUT2D eigenvalue weighted by Gasteiger charge is 2.15. The Bertz CT molecular complexity index is 943. The lowest BCUT2D eigenvalue weighted by atomic mass is 10.5. The van der Waals surface area contributed by atoms with Crippen molar-refractivity contribution in [1.82, 2.24) is 39.3 Å². The molecule has 110 valence electrons. The molecule has 12 nitrogen and oxygen atoms in total. The average molecular weight is 298 g/mol. The van der Waals surface area contributed by atoms with Crippen LogP contribution in [0.25, 0.3) is 22.3 Å². The van der Waals surface area contributed by atoms with E-state index in [2.05, 4.69) is 29.9 Å². The number of fused-ring (bicyclic) bond motifs is 2. The summed E-state index contributed by atoms with van der Waals surface area (Å²) < 4.78 is 3.12. The van der Waals surface area contributed by atoms with Gasteiger partial charge in [-0.15, -0.1) is 0 Å². The topological polar surface area (TPSA) is 191 Å². The summed E-state index contributed by atoms with van der Waals surface area (Å²) in [5, 5.41) is 0. The number of aromatic nitrogens is 8. The fourth-order valence-electron chi connectivity index (χ4n) is 2.17. The minimum absolute atomic E-state index is 0.0322. The van der Waals surface area contributed by atoms with Crippen LogP contribution in [0.1, 0.15) is 0 Å². The number of nitrogens with zero attached hydrogens (tertiary/aromatic N) is 8. The third-order valence-electron chi connectivity index (χ3n) is 3.08. The summed E-state index contributed by atoms with van der Waals surface area (Å²) in [6.45, 7) is 0. The van der Waals surface area contributed by atoms with Crippen molar-refractivity contribution in [3.05, 3.63) is 12.7 Å². The van der Waals surface area contributed by atoms with Gasteiger partial charge < -0.3 is 22.9 Å². The molecule has 0 saturated heterocycles. The quantitative estimate of drug-likeness (QED) is 0.325. The van der Waals surface area contributed by atoms with E-state index in [9.17, 15) is 0 Å². The van der Waals surface area contributed by atoms with Crippen molar-refractivity contribution in [3.8, 4) is 0 Å². The second-order valence-corrected chi connectivity index (χ2v) is 4.46. The van der Waals surface area contributed by atoms with Crippen molar-refractivity contribution >= 4 is 45.9 Å².